The van der Waals surface area contributed by atoms with E-state index in [2.05, 4.69) is 233 Å². The lowest BCUT2D eigenvalue weighted by Gasteiger charge is -2.13. The molecule has 5 aromatic heterocycles. The first-order valence-corrected chi connectivity index (χ1v) is 30.5. The van der Waals surface area contributed by atoms with E-state index in [0.717, 1.165) is 102 Å². The zero-order valence-corrected chi connectivity index (χ0v) is 49.3. The summed E-state index contributed by atoms with van der Waals surface area (Å²) in [4.78, 5) is 21.7. The fraction of sp³-hybridized carbons (Fsp3) is 0.243. The van der Waals surface area contributed by atoms with Gasteiger partial charge >= 0.3 is 0 Å². The first-order valence-electron chi connectivity index (χ1n) is 28.7. The summed E-state index contributed by atoms with van der Waals surface area (Å²) in [6.07, 6.45) is 20.9. The molecule has 8 bridgehead atoms. The molecular weight excluding hydrogens is 1010 g/mol. The van der Waals surface area contributed by atoms with Crippen molar-refractivity contribution in [3.8, 4) is 68.2 Å². The van der Waals surface area contributed by atoms with Crippen LogP contribution in [0.5, 0.6) is 0 Å². The summed E-state index contributed by atoms with van der Waals surface area (Å²) in [6.45, 7) is 17.8. The molecule has 0 saturated carbocycles. The Morgan fingerprint density at radius 3 is 1.09 bits per heavy atom. The quantitative estimate of drug-likeness (QED) is 0.0842. The van der Waals surface area contributed by atoms with E-state index in [-0.39, 0.29) is 0 Å². The number of fused-ring (bicyclic) bond motifs is 8. The lowest BCUT2D eigenvalue weighted by Crippen LogP contribution is -1.95. The highest BCUT2D eigenvalue weighted by Crippen LogP contribution is 2.41. The van der Waals surface area contributed by atoms with Crippen molar-refractivity contribution in [3.05, 3.63) is 208 Å². The van der Waals surface area contributed by atoms with Crippen LogP contribution in [0.4, 0.5) is 0 Å². The summed E-state index contributed by atoms with van der Waals surface area (Å²) in [7, 11) is 0. The third kappa shape index (κ3) is 11.5. The average Bonchev–Trinajstić information content (AvgIpc) is 4.41. The molecule has 398 valence electrons. The van der Waals surface area contributed by atoms with Crippen LogP contribution in [0.25, 0.3) is 90.9 Å². The predicted octanol–water partition coefficient (Wildman–Crippen LogP) is 20.3. The maximum absolute atomic E-state index is 5.66. The molecule has 0 atom stereocenters. The number of aryl methyl sites for hydroxylation is 8. The van der Waals surface area contributed by atoms with Gasteiger partial charge in [0.25, 0.3) is 0 Å². The van der Waals surface area contributed by atoms with Crippen molar-refractivity contribution in [2.75, 3.05) is 0 Å². The Balaban J connectivity index is 1.12. The number of thiophene rings is 2. The van der Waals surface area contributed by atoms with Crippen molar-refractivity contribution in [1.82, 2.24) is 19.9 Å². The molecule has 0 spiro atoms. The van der Waals surface area contributed by atoms with Crippen molar-refractivity contribution in [3.63, 3.8) is 0 Å². The van der Waals surface area contributed by atoms with Crippen LogP contribution in [0.2, 0.25) is 0 Å². The van der Waals surface area contributed by atoms with Crippen molar-refractivity contribution < 1.29 is 0 Å². The minimum absolute atomic E-state index is 0.882. The van der Waals surface area contributed by atoms with E-state index in [1.165, 1.54) is 117 Å². The van der Waals surface area contributed by atoms with Crippen LogP contribution in [0, 0.1) is 65.2 Å². The van der Waals surface area contributed by atoms with Crippen LogP contribution in [0.3, 0.4) is 0 Å². The van der Waals surface area contributed by atoms with Crippen LogP contribution in [-0.2, 0) is 12.8 Å². The van der Waals surface area contributed by atoms with E-state index in [1.807, 2.05) is 0 Å². The second-order valence-electron chi connectivity index (χ2n) is 21.9. The largest absolute Gasteiger partial charge is 0.354 e. The number of unbranched alkanes of at least 4 members (excludes halogenated alkanes) is 6. The van der Waals surface area contributed by atoms with Gasteiger partial charge in [0.1, 0.15) is 0 Å². The van der Waals surface area contributed by atoms with Gasteiger partial charge < -0.3 is 9.97 Å². The summed E-state index contributed by atoms with van der Waals surface area (Å²) in [5.74, 6) is 14.1. The molecule has 0 amide bonds. The third-order valence-corrected chi connectivity index (χ3v) is 17.4. The van der Waals surface area contributed by atoms with Crippen LogP contribution < -0.4 is 0 Å². The molecule has 2 N–H and O–H groups in total. The second-order valence-corrected chi connectivity index (χ2v) is 23.7. The lowest BCUT2D eigenvalue weighted by atomic mass is 9.92. The van der Waals surface area contributed by atoms with Crippen LogP contribution in [-0.4, -0.2) is 19.9 Å². The molecule has 0 fully saturated rings. The molecule has 2 aliphatic rings. The highest BCUT2D eigenvalue weighted by molar-refractivity contribution is 7.11. The van der Waals surface area contributed by atoms with Crippen LogP contribution >= 0.6 is 22.7 Å². The average molecular weight is 1080 g/mol. The maximum Gasteiger partial charge on any atom is 0.0804 e. The Hall–Kier alpha value is -8.00. The van der Waals surface area contributed by atoms with Gasteiger partial charge in [-0.2, -0.15) is 0 Å². The van der Waals surface area contributed by atoms with Gasteiger partial charge in [0.2, 0.25) is 0 Å². The third-order valence-electron chi connectivity index (χ3n) is 15.7. The zero-order valence-electron chi connectivity index (χ0n) is 47.6. The Morgan fingerprint density at radius 2 is 0.725 bits per heavy atom. The summed E-state index contributed by atoms with van der Waals surface area (Å²) in [6, 6.07) is 40.0. The highest BCUT2D eigenvalue weighted by atomic mass is 32.1. The highest BCUT2D eigenvalue weighted by Gasteiger charge is 2.22. The molecule has 6 heteroatoms. The van der Waals surface area contributed by atoms with E-state index in [0.29, 0.717) is 0 Å². The molecule has 0 unspecified atom stereocenters. The van der Waals surface area contributed by atoms with Gasteiger partial charge in [-0.05, 0) is 219 Å². The minimum Gasteiger partial charge on any atom is -0.354 e. The van der Waals surface area contributed by atoms with Gasteiger partial charge in [0, 0.05) is 55.4 Å². The standard InChI is InChI=1S/C74H70N4S2/c1-9-11-13-15-17-55-39-41-79-67(55)37-23-53-19-25-57(26-20-53)71-59-29-33-63(75-59)73(69-49(5)43-47(3)44-50(69)6)65-35-31-61(77-65)72(58-27-21-54(22-28-58)24-38-68-56(40-42-80-68)18-16-14-12-10-2)62-32-36-66(78-62)74(64-34-30-60(71)76-64)70-51(7)45-48(4)46-52(70)8/h19-22,25-36,39-46,75,78H,9-18H2,1-8H3. The molecule has 9 aromatic rings. The molecular formula is C74H70N4S2. The molecule has 4 nitrogen and oxygen atoms in total. The van der Waals surface area contributed by atoms with Crippen LogP contribution in [0.15, 0.2) is 120 Å². The number of hydrogen-bond acceptors (Lipinski definition) is 4. The van der Waals surface area contributed by atoms with E-state index < -0.39 is 0 Å². The number of hydrogen-bond donors (Lipinski definition) is 2. The SMILES string of the molecule is CCCCCCc1ccsc1C#Cc1ccc(-c2c3nc(c(-c4c(C)cc(C)cc4C)c4ccc([nH]4)c(-c4ccc(C#Cc5sccc5CCCCCC)cc4)c4nc(c(-c5c(C)cc(C)cc5C)c5ccc2[nH]5)C=C4)C=C3)cc1. The molecule has 2 aliphatic heterocycles. The fourth-order valence-corrected chi connectivity index (χ4v) is 13.6. The van der Waals surface area contributed by atoms with Crippen molar-refractivity contribution in [1.29, 1.82) is 0 Å². The number of nitrogens with one attached hydrogen (secondary N) is 2. The monoisotopic (exact) mass is 1080 g/mol. The summed E-state index contributed by atoms with van der Waals surface area (Å²) < 4.78 is 0. The number of H-pyrrole nitrogens is 2. The normalized spacial score (nSPS) is 11.7. The number of aromatic amines is 2. The first-order chi connectivity index (χ1) is 39.0. The van der Waals surface area contributed by atoms with Gasteiger partial charge in [-0.25, -0.2) is 9.97 Å². The van der Waals surface area contributed by atoms with E-state index in [1.54, 1.807) is 22.7 Å². The number of benzene rings is 4. The Bertz CT molecular complexity index is 3840. The van der Waals surface area contributed by atoms with E-state index in [4.69, 9.17) is 9.97 Å². The van der Waals surface area contributed by atoms with Crippen molar-refractivity contribution in [2.24, 2.45) is 0 Å². The van der Waals surface area contributed by atoms with Gasteiger partial charge in [-0.15, -0.1) is 22.7 Å². The predicted molar refractivity (Wildman–Crippen MR) is 345 cm³/mol. The number of rotatable bonds is 14. The molecule has 80 heavy (non-hydrogen) atoms. The molecule has 7 heterocycles. The Kier molecular flexibility index (Phi) is 16.3. The van der Waals surface area contributed by atoms with Crippen molar-refractivity contribution >= 4 is 69.0 Å². The van der Waals surface area contributed by atoms with Gasteiger partial charge in [0.15, 0.2) is 0 Å². The Morgan fingerprint density at radius 1 is 0.375 bits per heavy atom. The van der Waals surface area contributed by atoms with Crippen molar-refractivity contribution in [2.45, 2.75) is 120 Å². The molecule has 4 aromatic carbocycles. The summed E-state index contributed by atoms with van der Waals surface area (Å²) in [5, 5.41) is 4.36. The van der Waals surface area contributed by atoms with Gasteiger partial charge in [-0.3, -0.25) is 0 Å². The Labute approximate surface area is 481 Å². The molecule has 11 rings (SSSR count). The number of nitrogens with zero attached hydrogens (tertiary/aromatic N) is 2. The minimum atomic E-state index is 0.882. The number of aromatic nitrogens is 4. The second kappa shape index (κ2) is 24.2. The molecule has 0 saturated heterocycles. The maximum atomic E-state index is 5.66. The first kappa shape index (κ1) is 54.0. The molecule has 0 aliphatic carbocycles. The van der Waals surface area contributed by atoms with Gasteiger partial charge in [0.05, 0.1) is 32.5 Å². The zero-order chi connectivity index (χ0) is 55.3. The summed E-state index contributed by atoms with van der Waals surface area (Å²) >= 11 is 3.49. The van der Waals surface area contributed by atoms with E-state index >= 15 is 0 Å². The van der Waals surface area contributed by atoms with Gasteiger partial charge in [-0.1, -0.05) is 136 Å². The van der Waals surface area contributed by atoms with Crippen LogP contribution in [0.1, 0.15) is 153 Å². The smallest absolute Gasteiger partial charge is 0.0804 e. The van der Waals surface area contributed by atoms with E-state index in [9.17, 15) is 0 Å². The fourth-order valence-electron chi connectivity index (χ4n) is 12.0. The lowest BCUT2D eigenvalue weighted by molar-refractivity contribution is 0.667. The topological polar surface area (TPSA) is 57.4 Å². The summed E-state index contributed by atoms with van der Waals surface area (Å²) in [5.41, 5.74) is 28.0. The molecule has 0 radical (unpaired) electrons.